The summed E-state index contributed by atoms with van der Waals surface area (Å²) in [6.45, 7) is 1.81. The van der Waals surface area contributed by atoms with Gasteiger partial charge in [-0.15, -0.1) is 5.10 Å². The third-order valence-corrected chi connectivity index (χ3v) is 4.75. The minimum Gasteiger partial charge on any atom is -0.444 e. The first-order valence-corrected chi connectivity index (χ1v) is 9.24. The summed E-state index contributed by atoms with van der Waals surface area (Å²) in [5, 5.41) is 6.69. The molecule has 0 saturated heterocycles. The molecule has 1 N–H and O–H groups in total. The van der Waals surface area contributed by atoms with E-state index in [9.17, 15) is 14.4 Å². The molecule has 2 amide bonds. The number of benzene rings is 1. The largest absolute Gasteiger partial charge is 0.444 e. The number of carbonyl (C=O) groups is 2. The molecule has 1 aliphatic heterocycles. The summed E-state index contributed by atoms with van der Waals surface area (Å²) in [7, 11) is 0. The van der Waals surface area contributed by atoms with Crippen molar-refractivity contribution >= 4 is 39.1 Å². The second-order valence-electron chi connectivity index (χ2n) is 6.25. The number of hydrogen-bond acceptors (Lipinski definition) is 6. The van der Waals surface area contributed by atoms with Gasteiger partial charge in [-0.25, -0.2) is 4.79 Å². The van der Waals surface area contributed by atoms with E-state index < -0.39 is 11.7 Å². The Kier molecular flexibility index (Phi) is 4.63. The molecule has 0 fully saturated rings. The molecule has 0 bridgehead atoms. The summed E-state index contributed by atoms with van der Waals surface area (Å²) in [6.07, 6.45) is 0.781. The molecule has 1 aliphatic rings. The van der Waals surface area contributed by atoms with E-state index in [1.165, 1.54) is 6.92 Å². The second kappa shape index (κ2) is 7.12. The molecule has 0 unspecified atom stereocenters. The number of carbonyl (C=O) groups excluding carboxylic acids is 2. The zero-order valence-electron chi connectivity index (χ0n) is 14.8. The van der Waals surface area contributed by atoms with Crippen molar-refractivity contribution in [1.29, 1.82) is 0 Å². The third-order valence-electron chi connectivity index (χ3n) is 4.33. The number of fused-ring (bicyclic) bond motifs is 1. The van der Waals surface area contributed by atoms with Crippen molar-refractivity contribution in [1.82, 2.24) is 9.78 Å². The van der Waals surface area contributed by atoms with Gasteiger partial charge >= 0.3 is 5.76 Å². The van der Waals surface area contributed by atoms with Gasteiger partial charge in [-0.1, -0.05) is 6.07 Å². The molecule has 28 heavy (non-hydrogen) atoms. The van der Waals surface area contributed by atoms with Crippen LogP contribution in [0.3, 0.4) is 0 Å². The Labute approximate surface area is 167 Å². The Balaban J connectivity index is 1.48. The standard InChI is InChI=1S/C18H15BrN4O5/c1-10(24)22-7-6-11-2-3-12(8-13(11)22)20-16(25)9-23-18(26)28-17(21-23)14-4-5-15(19)27-14/h2-5,8H,6-7,9H2,1H3,(H,20,25). The van der Waals surface area contributed by atoms with Crippen molar-refractivity contribution in [3.05, 3.63) is 51.1 Å². The summed E-state index contributed by atoms with van der Waals surface area (Å²) in [6, 6.07) is 8.62. The molecule has 3 heterocycles. The van der Waals surface area contributed by atoms with E-state index in [1.807, 2.05) is 6.07 Å². The zero-order chi connectivity index (χ0) is 19.8. The molecule has 3 aromatic rings. The third kappa shape index (κ3) is 3.50. The molecule has 2 aromatic heterocycles. The first-order valence-electron chi connectivity index (χ1n) is 8.45. The maximum atomic E-state index is 12.3. The Morgan fingerprint density at radius 2 is 2.07 bits per heavy atom. The highest BCUT2D eigenvalue weighted by Gasteiger charge is 2.23. The molecule has 0 aliphatic carbocycles. The topological polar surface area (TPSA) is 111 Å². The Morgan fingerprint density at radius 1 is 1.25 bits per heavy atom. The zero-order valence-corrected chi connectivity index (χ0v) is 16.4. The molecule has 4 rings (SSSR count). The average molecular weight is 447 g/mol. The Bertz CT molecular complexity index is 1130. The van der Waals surface area contributed by atoms with E-state index in [0.717, 1.165) is 22.4 Å². The lowest BCUT2D eigenvalue weighted by atomic mass is 10.1. The Morgan fingerprint density at radius 3 is 2.79 bits per heavy atom. The maximum absolute atomic E-state index is 12.3. The van der Waals surface area contributed by atoms with Crippen LogP contribution in [-0.4, -0.2) is 28.1 Å². The number of aromatic nitrogens is 2. The smallest absolute Gasteiger partial charge is 0.437 e. The van der Waals surface area contributed by atoms with Crippen LogP contribution in [0.4, 0.5) is 11.4 Å². The van der Waals surface area contributed by atoms with Crippen LogP contribution in [0.5, 0.6) is 0 Å². The van der Waals surface area contributed by atoms with Gasteiger partial charge in [0.15, 0.2) is 10.4 Å². The summed E-state index contributed by atoms with van der Waals surface area (Å²) in [4.78, 5) is 37.7. The second-order valence-corrected chi connectivity index (χ2v) is 7.03. The van der Waals surface area contributed by atoms with Gasteiger partial charge < -0.3 is 19.1 Å². The van der Waals surface area contributed by atoms with Crippen molar-refractivity contribution in [2.24, 2.45) is 0 Å². The quantitative estimate of drug-likeness (QED) is 0.658. The van der Waals surface area contributed by atoms with Crippen LogP contribution in [0.1, 0.15) is 12.5 Å². The van der Waals surface area contributed by atoms with Crippen LogP contribution in [0.15, 0.2) is 48.6 Å². The van der Waals surface area contributed by atoms with Crippen LogP contribution in [-0.2, 0) is 22.6 Å². The fourth-order valence-electron chi connectivity index (χ4n) is 3.06. The molecule has 0 radical (unpaired) electrons. The number of hydrogen-bond donors (Lipinski definition) is 1. The maximum Gasteiger partial charge on any atom is 0.437 e. The number of amides is 2. The van der Waals surface area contributed by atoms with E-state index in [-0.39, 0.29) is 24.1 Å². The summed E-state index contributed by atoms with van der Waals surface area (Å²) >= 11 is 3.16. The lowest BCUT2D eigenvalue weighted by molar-refractivity contribution is -0.117. The molecular weight excluding hydrogens is 432 g/mol. The lowest BCUT2D eigenvalue weighted by Crippen LogP contribution is -2.27. The van der Waals surface area contributed by atoms with Crippen molar-refractivity contribution in [2.45, 2.75) is 19.9 Å². The summed E-state index contributed by atoms with van der Waals surface area (Å²) in [5.74, 6) is -1.01. The molecule has 0 saturated carbocycles. The first-order chi connectivity index (χ1) is 13.4. The van der Waals surface area contributed by atoms with Crippen LogP contribution < -0.4 is 16.0 Å². The molecular formula is C18H15BrN4O5. The van der Waals surface area contributed by atoms with E-state index >= 15 is 0 Å². The Hall–Kier alpha value is -3.14. The van der Waals surface area contributed by atoms with Gasteiger partial charge in [0.05, 0.1) is 0 Å². The predicted molar refractivity (Wildman–Crippen MR) is 103 cm³/mol. The van der Waals surface area contributed by atoms with Gasteiger partial charge in [0.1, 0.15) is 6.54 Å². The van der Waals surface area contributed by atoms with Gasteiger partial charge in [0, 0.05) is 24.8 Å². The number of furan rings is 1. The monoisotopic (exact) mass is 446 g/mol. The van der Waals surface area contributed by atoms with E-state index in [0.29, 0.717) is 16.9 Å². The van der Waals surface area contributed by atoms with Gasteiger partial charge in [0.2, 0.25) is 11.8 Å². The van der Waals surface area contributed by atoms with Crippen LogP contribution in [0.2, 0.25) is 0 Å². The van der Waals surface area contributed by atoms with Crippen LogP contribution >= 0.6 is 15.9 Å². The van der Waals surface area contributed by atoms with Gasteiger partial charge in [-0.3, -0.25) is 9.59 Å². The molecule has 9 nitrogen and oxygen atoms in total. The van der Waals surface area contributed by atoms with Gasteiger partial charge in [-0.05, 0) is 52.2 Å². The van der Waals surface area contributed by atoms with Crippen LogP contribution in [0, 0.1) is 0 Å². The predicted octanol–water partition coefficient (Wildman–Crippen LogP) is 2.41. The highest BCUT2D eigenvalue weighted by molar-refractivity contribution is 9.10. The summed E-state index contributed by atoms with van der Waals surface area (Å²) < 4.78 is 11.7. The van der Waals surface area contributed by atoms with Gasteiger partial charge in [0.25, 0.3) is 5.89 Å². The number of nitrogens with zero attached hydrogens (tertiary/aromatic N) is 3. The number of halogens is 1. The minimum atomic E-state index is -0.769. The van der Waals surface area contributed by atoms with E-state index in [2.05, 4.69) is 26.3 Å². The molecule has 10 heteroatoms. The number of nitrogens with one attached hydrogen (secondary N) is 1. The SMILES string of the molecule is CC(=O)N1CCc2ccc(NC(=O)Cn3nc(-c4ccc(Br)o4)oc3=O)cc21. The number of anilines is 2. The van der Waals surface area contributed by atoms with Crippen LogP contribution in [0.25, 0.3) is 11.7 Å². The fourth-order valence-corrected chi connectivity index (χ4v) is 3.36. The molecule has 0 spiro atoms. The van der Waals surface area contributed by atoms with Crippen molar-refractivity contribution < 1.29 is 18.4 Å². The number of rotatable bonds is 4. The molecule has 144 valence electrons. The lowest BCUT2D eigenvalue weighted by Gasteiger charge is -2.15. The first kappa shape index (κ1) is 18.2. The molecule has 1 aromatic carbocycles. The minimum absolute atomic E-state index is 0.0156. The average Bonchev–Trinajstić information content (AvgIpc) is 3.33. The fraction of sp³-hybridized carbons (Fsp3) is 0.222. The summed E-state index contributed by atoms with van der Waals surface area (Å²) in [5.41, 5.74) is 2.37. The van der Waals surface area contributed by atoms with Crippen molar-refractivity contribution in [3.63, 3.8) is 0 Å². The van der Waals surface area contributed by atoms with E-state index in [4.69, 9.17) is 8.83 Å². The normalized spacial score (nSPS) is 12.9. The van der Waals surface area contributed by atoms with Crippen molar-refractivity contribution in [3.8, 4) is 11.7 Å². The van der Waals surface area contributed by atoms with E-state index in [1.54, 1.807) is 29.2 Å². The van der Waals surface area contributed by atoms with Gasteiger partial charge in [-0.2, -0.15) is 4.68 Å². The highest BCUT2D eigenvalue weighted by Crippen LogP contribution is 2.31. The van der Waals surface area contributed by atoms with Crippen molar-refractivity contribution in [2.75, 3.05) is 16.8 Å². The highest BCUT2D eigenvalue weighted by atomic mass is 79.9. The molecule has 0 atom stereocenters.